The number of unbranched alkanes of at least 4 members (excludes halogenated alkanes) is 1. The third-order valence-corrected chi connectivity index (χ3v) is 3.96. The summed E-state index contributed by atoms with van der Waals surface area (Å²) in [5.74, 6) is 1.73. The zero-order valence-corrected chi connectivity index (χ0v) is 11.9. The van der Waals surface area contributed by atoms with E-state index in [-0.39, 0.29) is 0 Å². The first kappa shape index (κ1) is 15.3. The van der Waals surface area contributed by atoms with Gasteiger partial charge in [-0.3, -0.25) is 4.21 Å². The molecule has 1 aromatic rings. The lowest BCUT2D eigenvalue weighted by Gasteiger charge is -2.09. The fourth-order valence-corrected chi connectivity index (χ4v) is 2.70. The lowest BCUT2D eigenvalue weighted by atomic mass is 10.3. The van der Waals surface area contributed by atoms with E-state index in [0.717, 1.165) is 12.8 Å². The van der Waals surface area contributed by atoms with Crippen LogP contribution in [0.2, 0.25) is 0 Å². The largest absolute Gasteiger partial charge is 0.493 e. The van der Waals surface area contributed by atoms with Crippen molar-refractivity contribution >= 4 is 10.8 Å². The predicted molar refractivity (Wildman–Crippen MR) is 74.1 cm³/mol. The van der Waals surface area contributed by atoms with Crippen LogP contribution in [0.15, 0.2) is 28.2 Å². The Kier molecular flexibility index (Phi) is 6.78. The molecule has 0 aliphatic rings. The van der Waals surface area contributed by atoms with Gasteiger partial charge in [0.1, 0.15) is 0 Å². The van der Waals surface area contributed by atoms with Gasteiger partial charge in [-0.05, 0) is 30.5 Å². The molecule has 0 aliphatic carbocycles. The normalized spacial score (nSPS) is 11.5. The van der Waals surface area contributed by atoms with E-state index in [0.29, 0.717) is 28.7 Å². The monoisotopic (exact) mass is 283 g/mol. The molecule has 6 nitrogen and oxygen atoms in total. The topological polar surface area (TPSA) is 84.3 Å². The van der Waals surface area contributed by atoms with Crippen molar-refractivity contribution in [2.45, 2.75) is 17.7 Å². The van der Waals surface area contributed by atoms with Crippen LogP contribution in [0.3, 0.4) is 0 Å². The highest BCUT2D eigenvalue weighted by Crippen LogP contribution is 2.28. The quantitative estimate of drug-likeness (QED) is 0.318. The summed E-state index contributed by atoms with van der Waals surface area (Å²) >= 11 is 0. The molecule has 0 saturated heterocycles. The Morgan fingerprint density at radius 2 is 2.00 bits per heavy atom. The molecule has 7 heteroatoms. The summed E-state index contributed by atoms with van der Waals surface area (Å²) in [6, 6.07) is 5.24. The van der Waals surface area contributed by atoms with Crippen LogP contribution in [0.4, 0.5) is 0 Å². The van der Waals surface area contributed by atoms with Gasteiger partial charge in [-0.1, -0.05) is 5.11 Å². The molecule has 1 atom stereocenters. The predicted octanol–water partition coefficient (Wildman–Crippen LogP) is 2.90. The fraction of sp³-hybridized carbons (Fsp3) is 0.500. The highest BCUT2D eigenvalue weighted by Gasteiger charge is 2.09. The third kappa shape index (κ3) is 4.81. The Labute approximate surface area is 114 Å². The van der Waals surface area contributed by atoms with Crippen molar-refractivity contribution in [3.63, 3.8) is 0 Å². The summed E-state index contributed by atoms with van der Waals surface area (Å²) in [5, 5.41) is 3.44. The van der Waals surface area contributed by atoms with Crippen LogP contribution in [0.5, 0.6) is 11.5 Å². The number of hydrogen-bond donors (Lipinski definition) is 0. The molecular weight excluding hydrogens is 266 g/mol. The first-order valence-electron chi connectivity index (χ1n) is 5.84. The molecule has 0 N–H and O–H groups in total. The zero-order valence-electron chi connectivity index (χ0n) is 11.0. The van der Waals surface area contributed by atoms with Gasteiger partial charge < -0.3 is 9.47 Å². The number of rotatable bonds is 8. The van der Waals surface area contributed by atoms with Crippen molar-refractivity contribution in [3.8, 4) is 11.5 Å². The Bertz CT molecular complexity index is 487. The molecule has 0 amide bonds. The molecule has 19 heavy (non-hydrogen) atoms. The summed E-state index contributed by atoms with van der Waals surface area (Å²) in [7, 11) is 2.02. The van der Waals surface area contributed by atoms with Gasteiger partial charge in [0, 0.05) is 28.2 Å². The number of ether oxygens (including phenoxy) is 2. The van der Waals surface area contributed by atoms with Gasteiger partial charge in [0.05, 0.1) is 25.0 Å². The minimum absolute atomic E-state index is 0.444. The van der Waals surface area contributed by atoms with Gasteiger partial charge >= 0.3 is 0 Å². The molecule has 1 rings (SSSR count). The number of benzene rings is 1. The Balaban J connectivity index is 2.59. The third-order valence-electron chi connectivity index (χ3n) is 2.52. The molecule has 0 aromatic heterocycles. The van der Waals surface area contributed by atoms with Crippen molar-refractivity contribution in [1.82, 2.24) is 0 Å². The van der Waals surface area contributed by atoms with Crippen LogP contribution >= 0.6 is 0 Å². The van der Waals surface area contributed by atoms with E-state index in [2.05, 4.69) is 10.0 Å². The average Bonchev–Trinajstić information content (AvgIpc) is 2.46. The van der Waals surface area contributed by atoms with Gasteiger partial charge in [0.15, 0.2) is 11.5 Å². The van der Waals surface area contributed by atoms with Crippen LogP contribution in [0.25, 0.3) is 10.4 Å². The summed E-state index contributed by atoms with van der Waals surface area (Å²) in [6.07, 6.45) is 1.49. The van der Waals surface area contributed by atoms with Crippen LogP contribution < -0.4 is 9.47 Å². The first-order valence-corrected chi connectivity index (χ1v) is 7.16. The maximum Gasteiger partial charge on any atom is 0.161 e. The Morgan fingerprint density at radius 1 is 1.26 bits per heavy atom. The first-order chi connectivity index (χ1) is 9.22. The van der Waals surface area contributed by atoms with Gasteiger partial charge in [-0.2, -0.15) is 0 Å². The van der Waals surface area contributed by atoms with Crippen molar-refractivity contribution in [2.24, 2.45) is 5.11 Å². The smallest absolute Gasteiger partial charge is 0.161 e. The maximum absolute atomic E-state index is 12.1. The van der Waals surface area contributed by atoms with Crippen LogP contribution in [-0.2, 0) is 10.8 Å². The molecule has 0 fully saturated rings. The number of azide groups is 1. The Hall–Kier alpha value is -1.72. The van der Waals surface area contributed by atoms with Crippen molar-refractivity contribution < 1.29 is 13.7 Å². The maximum atomic E-state index is 12.1. The lowest BCUT2D eigenvalue weighted by molar-refractivity contribution is 0.354. The van der Waals surface area contributed by atoms with Gasteiger partial charge in [-0.25, -0.2) is 0 Å². The number of nitrogens with zero attached hydrogens (tertiary/aromatic N) is 3. The van der Waals surface area contributed by atoms with Crippen molar-refractivity contribution in [2.75, 3.05) is 26.5 Å². The van der Waals surface area contributed by atoms with E-state index in [1.165, 1.54) is 0 Å². The molecular formula is C12H17N3O3S. The SMILES string of the molecule is COc1ccc(S(=O)CCCCN=[N+]=[N-])cc1OC. The fourth-order valence-electron chi connectivity index (χ4n) is 1.54. The van der Waals surface area contributed by atoms with E-state index in [1.807, 2.05) is 0 Å². The van der Waals surface area contributed by atoms with Gasteiger partial charge in [0.2, 0.25) is 0 Å². The molecule has 1 aromatic carbocycles. The van der Waals surface area contributed by atoms with E-state index in [9.17, 15) is 4.21 Å². The highest BCUT2D eigenvalue weighted by molar-refractivity contribution is 7.85. The van der Waals surface area contributed by atoms with E-state index in [1.54, 1.807) is 32.4 Å². The van der Waals surface area contributed by atoms with Gasteiger partial charge in [-0.15, -0.1) is 0 Å². The number of methoxy groups -OCH3 is 2. The van der Waals surface area contributed by atoms with Crippen molar-refractivity contribution in [1.29, 1.82) is 0 Å². The molecule has 1 unspecified atom stereocenters. The lowest BCUT2D eigenvalue weighted by Crippen LogP contribution is -2.00. The summed E-state index contributed by atoms with van der Waals surface area (Å²) in [5.41, 5.74) is 8.13. The van der Waals surface area contributed by atoms with E-state index >= 15 is 0 Å². The highest BCUT2D eigenvalue weighted by atomic mass is 32.2. The van der Waals surface area contributed by atoms with Crippen LogP contribution in [0.1, 0.15) is 12.8 Å². The number of hydrogen-bond acceptors (Lipinski definition) is 4. The second-order valence-electron chi connectivity index (χ2n) is 3.73. The zero-order chi connectivity index (χ0) is 14.1. The van der Waals surface area contributed by atoms with Crippen molar-refractivity contribution in [3.05, 3.63) is 28.6 Å². The van der Waals surface area contributed by atoms with Crippen LogP contribution in [0, 0.1) is 0 Å². The minimum atomic E-state index is -1.08. The second kappa shape index (κ2) is 8.39. The summed E-state index contributed by atoms with van der Waals surface area (Å²) < 4.78 is 22.4. The second-order valence-corrected chi connectivity index (χ2v) is 5.30. The molecule has 0 spiro atoms. The standard InChI is InChI=1S/C12H17N3O3S/c1-17-11-6-5-10(9-12(11)18-2)19(16)8-4-3-7-14-15-13/h5-6,9H,3-4,7-8H2,1-2H3. The Morgan fingerprint density at radius 3 is 2.63 bits per heavy atom. The summed E-state index contributed by atoms with van der Waals surface area (Å²) in [6.45, 7) is 0.444. The molecule has 0 aliphatic heterocycles. The van der Waals surface area contributed by atoms with E-state index in [4.69, 9.17) is 15.0 Å². The van der Waals surface area contributed by atoms with E-state index < -0.39 is 10.8 Å². The van der Waals surface area contributed by atoms with Gasteiger partial charge in [0.25, 0.3) is 0 Å². The molecule has 0 saturated carbocycles. The summed E-state index contributed by atoms with van der Waals surface area (Å²) in [4.78, 5) is 3.38. The molecule has 0 heterocycles. The minimum Gasteiger partial charge on any atom is -0.493 e. The molecule has 104 valence electrons. The average molecular weight is 283 g/mol. The van der Waals surface area contributed by atoms with Crippen LogP contribution in [-0.4, -0.2) is 30.7 Å². The molecule has 0 bridgehead atoms. The molecule has 0 radical (unpaired) electrons.